The molecule has 1 aromatic rings. The number of oxime groups is 1. The van der Waals surface area contributed by atoms with Gasteiger partial charge < -0.3 is 5.21 Å². The van der Waals surface area contributed by atoms with Gasteiger partial charge in [0.1, 0.15) is 11.0 Å². The Morgan fingerprint density at radius 3 is 2.56 bits per heavy atom. The first-order chi connectivity index (χ1) is 8.27. The van der Waals surface area contributed by atoms with E-state index < -0.39 is 20.0 Å². The number of benzene rings is 1. The summed E-state index contributed by atoms with van der Waals surface area (Å²) in [6, 6.07) is 5.28. The van der Waals surface area contributed by atoms with Crippen molar-refractivity contribution in [1.29, 1.82) is 0 Å². The predicted molar refractivity (Wildman–Crippen MR) is 65.7 cm³/mol. The molecule has 1 unspecified atom stereocenters. The molecule has 7 nitrogen and oxygen atoms in total. The Bertz CT molecular complexity index is 594. The summed E-state index contributed by atoms with van der Waals surface area (Å²) in [6.45, 7) is 1.35. The molecule has 0 saturated heterocycles. The van der Waals surface area contributed by atoms with Crippen LogP contribution < -0.4 is 0 Å². The maximum absolute atomic E-state index is 11.4. The maximum Gasteiger partial charge on any atom is 0.270 e. The first-order valence-electron chi connectivity index (χ1n) is 4.93. The van der Waals surface area contributed by atoms with Gasteiger partial charge in [-0.3, -0.25) is 10.1 Å². The Morgan fingerprint density at radius 2 is 2.11 bits per heavy atom. The lowest BCUT2D eigenvalue weighted by molar-refractivity contribution is -0.384. The second kappa shape index (κ2) is 5.13. The van der Waals surface area contributed by atoms with Gasteiger partial charge in [0.2, 0.25) is 0 Å². The van der Waals surface area contributed by atoms with E-state index in [1.165, 1.54) is 25.1 Å². The fraction of sp³-hybridized carbons (Fsp3) is 0.300. The Balaban J connectivity index is 3.27. The highest BCUT2D eigenvalue weighted by atomic mass is 32.2. The highest BCUT2D eigenvalue weighted by molar-refractivity contribution is 7.92. The molecule has 0 bridgehead atoms. The normalized spacial score (nSPS) is 14.2. The second-order valence-corrected chi connectivity index (χ2v) is 6.13. The molecule has 0 aliphatic carbocycles. The number of nitro groups is 1. The van der Waals surface area contributed by atoms with Crippen LogP contribution in [0.4, 0.5) is 5.69 Å². The number of hydrogen-bond donors (Lipinski definition) is 1. The Labute approximate surface area is 104 Å². The zero-order chi connectivity index (χ0) is 13.9. The van der Waals surface area contributed by atoms with Crippen molar-refractivity contribution in [2.75, 3.05) is 6.26 Å². The van der Waals surface area contributed by atoms with Gasteiger partial charge in [-0.05, 0) is 6.92 Å². The first kappa shape index (κ1) is 14.1. The minimum absolute atomic E-state index is 0.124. The lowest BCUT2D eigenvalue weighted by Gasteiger charge is -2.11. The van der Waals surface area contributed by atoms with Crippen LogP contribution in [0.25, 0.3) is 0 Å². The summed E-state index contributed by atoms with van der Waals surface area (Å²) in [5, 5.41) is 21.4. The van der Waals surface area contributed by atoms with E-state index in [9.17, 15) is 18.5 Å². The fourth-order valence-electron chi connectivity index (χ4n) is 1.36. The van der Waals surface area contributed by atoms with Gasteiger partial charge in [-0.2, -0.15) is 0 Å². The summed E-state index contributed by atoms with van der Waals surface area (Å²) >= 11 is 0. The van der Waals surface area contributed by atoms with Gasteiger partial charge in [-0.15, -0.1) is 0 Å². The van der Waals surface area contributed by atoms with E-state index in [0.29, 0.717) is 0 Å². The van der Waals surface area contributed by atoms with Crippen molar-refractivity contribution >= 4 is 21.2 Å². The third-order valence-electron chi connectivity index (χ3n) is 2.49. The lowest BCUT2D eigenvalue weighted by Crippen LogP contribution is -2.27. The SMILES string of the molecule is CC(/C(=N/O)c1cccc([N+](=O)[O-])c1)S(C)(=O)=O. The van der Waals surface area contributed by atoms with E-state index in [-0.39, 0.29) is 17.0 Å². The zero-order valence-corrected chi connectivity index (χ0v) is 10.6. The van der Waals surface area contributed by atoms with Crippen molar-refractivity contribution in [2.45, 2.75) is 12.2 Å². The predicted octanol–water partition coefficient (Wildman–Crippen LogP) is 1.21. The minimum Gasteiger partial charge on any atom is -0.411 e. The fourth-order valence-corrected chi connectivity index (χ4v) is 1.94. The van der Waals surface area contributed by atoms with Crippen LogP contribution in [0.1, 0.15) is 12.5 Å². The summed E-state index contributed by atoms with van der Waals surface area (Å²) < 4.78 is 22.8. The summed E-state index contributed by atoms with van der Waals surface area (Å²) in [5.41, 5.74) is -0.125. The molecule has 0 spiro atoms. The van der Waals surface area contributed by atoms with Crippen LogP contribution in [0.2, 0.25) is 0 Å². The van der Waals surface area contributed by atoms with Crippen molar-refractivity contribution in [2.24, 2.45) is 5.16 Å². The standard InChI is InChI=1S/C10H12N2O5S/c1-7(18(2,16)17)10(11-13)8-4-3-5-9(6-8)12(14)15/h3-7,13H,1-2H3/b11-10-. The van der Waals surface area contributed by atoms with Crippen molar-refractivity contribution in [3.05, 3.63) is 39.9 Å². The molecular weight excluding hydrogens is 260 g/mol. The molecular formula is C10H12N2O5S. The molecule has 0 fully saturated rings. The third-order valence-corrected chi connectivity index (χ3v) is 4.00. The van der Waals surface area contributed by atoms with Crippen LogP contribution in [0.3, 0.4) is 0 Å². The van der Waals surface area contributed by atoms with E-state index in [2.05, 4.69) is 5.16 Å². The maximum atomic E-state index is 11.4. The first-order valence-corrected chi connectivity index (χ1v) is 6.88. The summed E-state index contributed by atoms with van der Waals surface area (Å²) in [6.07, 6.45) is 1.00. The molecule has 0 aliphatic rings. The average Bonchev–Trinajstić information content (AvgIpc) is 2.29. The van der Waals surface area contributed by atoms with Crippen LogP contribution in [-0.4, -0.2) is 35.8 Å². The molecule has 0 aromatic heterocycles. The van der Waals surface area contributed by atoms with Crippen LogP contribution in [0.5, 0.6) is 0 Å². The van der Waals surface area contributed by atoms with Crippen LogP contribution in [-0.2, 0) is 9.84 Å². The number of nitro benzene ring substituents is 1. The summed E-state index contributed by atoms with van der Waals surface area (Å²) in [7, 11) is -3.46. The number of sulfone groups is 1. The molecule has 1 atom stereocenters. The Hall–Kier alpha value is -1.96. The summed E-state index contributed by atoms with van der Waals surface area (Å²) in [5.74, 6) is 0. The molecule has 0 saturated carbocycles. The van der Waals surface area contributed by atoms with E-state index in [1.807, 2.05) is 0 Å². The van der Waals surface area contributed by atoms with Gasteiger partial charge in [-0.1, -0.05) is 17.3 Å². The molecule has 18 heavy (non-hydrogen) atoms. The molecule has 0 amide bonds. The Kier molecular flexibility index (Phi) is 4.02. The highest BCUT2D eigenvalue weighted by Gasteiger charge is 2.24. The number of non-ortho nitro benzene ring substituents is 1. The summed E-state index contributed by atoms with van der Waals surface area (Å²) in [4.78, 5) is 10.0. The quantitative estimate of drug-likeness (QED) is 0.383. The molecule has 1 rings (SSSR count). The van der Waals surface area contributed by atoms with Crippen molar-refractivity contribution in [3.63, 3.8) is 0 Å². The molecule has 8 heteroatoms. The van der Waals surface area contributed by atoms with Crippen molar-refractivity contribution < 1.29 is 18.5 Å². The third kappa shape index (κ3) is 3.04. The van der Waals surface area contributed by atoms with Crippen LogP contribution >= 0.6 is 0 Å². The van der Waals surface area contributed by atoms with Gasteiger partial charge >= 0.3 is 0 Å². The van der Waals surface area contributed by atoms with Crippen molar-refractivity contribution in [1.82, 2.24) is 0 Å². The Morgan fingerprint density at radius 1 is 1.50 bits per heavy atom. The average molecular weight is 272 g/mol. The van der Waals surface area contributed by atoms with Gasteiger partial charge in [0.15, 0.2) is 9.84 Å². The second-order valence-electron chi connectivity index (χ2n) is 3.76. The van der Waals surface area contributed by atoms with E-state index in [1.54, 1.807) is 0 Å². The zero-order valence-electron chi connectivity index (χ0n) is 9.77. The highest BCUT2D eigenvalue weighted by Crippen LogP contribution is 2.17. The lowest BCUT2D eigenvalue weighted by atomic mass is 10.1. The number of nitrogens with zero attached hydrogens (tertiary/aromatic N) is 2. The molecule has 1 N–H and O–H groups in total. The van der Waals surface area contributed by atoms with Gasteiger partial charge in [-0.25, -0.2) is 8.42 Å². The van der Waals surface area contributed by atoms with Crippen LogP contribution in [0, 0.1) is 10.1 Å². The van der Waals surface area contributed by atoms with E-state index in [0.717, 1.165) is 12.3 Å². The van der Waals surface area contributed by atoms with Gasteiger partial charge in [0.05, 0.1) is 4.92 Å². The number of rotatable bonds is 4. The molecule has 1 aromatic carbocycles. The van der Waals surface area contributed by atoms with E-state index >= 15 is 0 Å². The minimum atomic E-state index is -3.46. The van der Waals surface area contributed by atoms with Gasteiger partial charge in [0.25, 0.3) is 5.69 Å². The largest absolute Gasteiger partial charge is 0.411 e. The molecule has 0 aliphatic heterocycles. The smallest absolute Gasteiger partial charge is 0.270 e. The molecule has 98 valence electrons. The number of hydrogen-bond acceptors (Lipinski definition) is 6. The van der Waals surface area contributed by atoms with Gasteiger partial charge in [0, 0.05) is 24.0 Å². The molecule has 0 radical (unpaired) electrons. The molecule has 0 heterocycles. The van der Waals surface area contributed by atoms with Crippen molar-refractivity contribution in [3.8, 4) is 0 Å². The monoisotopic (exact) mass is 272 g/mol. The van der Waals surface area contributed by atoms with Crippen LogP contribution in [0.15, 0.2) is 29.4 Å². The topological polar surface area (TPSA) is 110 Å². The van der Waals surface area contributed by atoms with E-state index in [4.69, 9.17) is 5.21 Å².